The Labute approximate surface area is 154 Å². The van der Waals surface area contributed by atoms with Crippen LogP contribution in [-0.2, 0) is 0 Å². The first-order valence-corrected chi connectivity index (χ1v) is 9.91. The van der Waals surface area contributed by atoms with Crippen molar-refractivity contribution in [1.29, 1.82) is 0 Å². The van der Waals surface area contributed by atoms with E-state index < -0.39 is 12.9 Å². The van der Waals surface area contributed by atoms with Crippen LogP contribution in [-0.4, -0.2) is 18.0 Å². The van der Waals surface area contributed by atoms with Gasteiger partial charge in [-0.25, -0.2) is 0 Å². The minimum atomic E-state index is -2.84. The Balaban J connectivity index is 1.44. The molecule has 3 nitrogen and oxygen atoms in total. The summed E-state index contributed by atoms with van der Waals surface area (Å²) >= 11 is 0. The van der Waals surface area contributed by atoms with E-state index in [9.17, 15) is 13.9 Å². The molecule has 2 fully saturated rings. The van der Waals surface area contributed by atoms with Crippen molar-refractivity contribution in [3.05, 3.63) is 24.3 Å². The molecule has 2 aliphatic rings. The lowest BCUT2D eigenvalue weighted by Crippen LogP contribution is -2.32. The normalized spacial score (nSPS) is 30.8. The minimum absolute atomic E-state index is 0.0872. The Morgan fingerprint density at radius 2 is 1.27 bits per heavy atom. The third kappa shape index (κ3) is 5.32. The summed E-state index contributed by atoms with van der Waals surface area (Å²) in [5, 5.41) is 10.4. The van der Waals surface area contributed by atoms with Crippen LogP contribution in [0.1, 0.15) is 58.3 Å². The number of hydrogen-bond acceptors (Lipinski definition) is 3. The van der Waals surface area contributed by atoms with Crippen LogP contribution >= 0.6 is 0 Å². The summed E-state index contributed by atoms with van der Waals surface area (Å²) in [6.07, 6.45) is 8.93. The second kappa shape index (κ2) is 9.03. The van der Waals surface area contributed by atoms with Gasteiger partial charge in [-0.3, -0.25) is 0 Å². The molecule has 0 aliphatic heterocycles. The first kappa shape index (κ1) is 19.4. The molecular weight excluding hydrogens is 338 g/mol. The fourth-order valence-electron chi connectivity index (χ4n) is 4.59. The van der Waals surface area contributed by atoms with Gasteiger partial charge >= 0.3 is 6.61 Å². The number of halogens is 2. The smallest absolute Gasteiger partial charge is 0.387 e. The highest BCUT2D eigenvalue weighted by molar-refractivity contribution is 5.31. The molecule has 1 unspecified atom stereocenters. The lowest BCUT2D eigenvalue weighted by molar-refractivity contribution is -0.0788. The number of benzene rings is 1. The molecule has 0 aromatic heterocycles. The van der Waals surface area contributed by atoms with Gasteiger partial charge in [0.25, 0.3) is 0 Å². The zero-order valence-corrected chi connectivity index (χ0v) is 15.4. The van der Waals surface area contributed by atoms with Gasteiger partial charge in [0.15, 0.2) is 6.29 Å². The highest BCUT2D eigenvalue weighted by Crippen LogP contribution is 2.42. The second-order valence-corrected chi connectivity index (χ2v) is 8.05. The lowest BCUT2D eigenvalue weighted by atomic mass is 9.69. The van der Waals surface area contributed by atoms with Gasteiger partial charge in [-0.1, -0.05) is 19.8 Å². The first-order chi connectivity index (χ1) is 12.5. The van der Waals surface area contributed by atoms with Gasteiger partial charge in [0.1, 0.15) is 11.5 Å². The summed E-state index contributed by atoms with van der Waals surface area (Å²) < 4.78 is 34.3. The van der Waals surface area contributed by atoms with Crippen molar-refractivity contribution in [2.75, 3.05) is 0 Å². The Morgan fingerprint density at radius 1 is 0.808 bits per heavy atom. The number of hydrogen-bond donors (Lipinski definition) is 1. The molecule has 0 spiro atoms. The van der Waals surface area contributed by atoms with E-state index in [1.807, 2.05) is 0 Å². The zero-order valence-electron chi connectivity index (χ0n) is 15.4. The van der Waals surface area contributed by atoms with Crippen LogP contribution in [0.25, 0.3) is 0 Å². The van der Waals surface area contributed by atoms with E-state index >= 15 is 0 Å². The van der Waals surface area contributed by atoms with E-state index in [-0.39, 0.29) is 11.7 Å². The number of ether oxygens (including phenoxy) is 2. The first-order valence-electron chi connectivity index (χ1n) is 9.91. The standard InChI is InChI=1S/C21H30F2O3/c1-14-2-4-15(5-3-14)16-6-8-17(9-7-16)20(24)25-18-10-12-19(13-11-18)26-21(22)23/h10-17,20-21,24H,2-9H2,1H3. The minimum Gasteiger partial charge on any atom is -0.465 e. The number of rotatable bonds is 6. The van der Waals surface area contributed by atoms with E-state index in [1.165, 1.54) is 50.7 Å². The Kier molecular flexibility index (Phi) is 6.74. The molecular formula is C21H30F2O3. The van der Waals surface area contributed by atoms with Gasteiger partial charge in [-0.05, 0) is 80.5 Å². The molecule has 0 bridgehead atoms. The monoisotopic (exact) mass is 368 g/mol. The third-order valence-electron chi connectivity index (χ3n) is 6.25. The maximum absolute atomic E-state index is 12.2. The summed E-state index contributed by atoms with van der Waals surface area (Å²) in [6, 6.07) is 5.95. The fourth-order valence-corrected chi connectivity index (χ4v) is 4.59. The van der Waals surface area contributed by atoms with Crippen molar-refractivity contribution in [1.82, 2.24) is 0 Å². The van der Waals surface area contributed by atoms with E-state index in [4.69, 9.17) is 4.74 Å². The quantitative estimate of drug-likeness (QED) is 0.663. The molecule has 146 valence electrons. The van der Waals surface area contributed by atoms with Gasteiger partial charge in [-0.15, -0.1) is 0 Å². The maximum atomic E-state index is 12.2. The Bertz CT molecular complexity index is 533. The summed E-state index contributed by atoms with van der Waals surface area (Å²) in [5.41, 5.74) is 0. The van der Waals surface area contributed by atoms with Gasteiger partial charge < -0.3 is 14.6 Å². The molecule has 0 amide bonds. The van der Waals surface area contributed by atoms with Crippen LogP contribution in [0, 0.1) is 23.7 Å². The van der Waals surface area contributed by atoms with Crippen LogP contribution in [0.2, 0.25) is 0 Å². The van der Waals surface area contributed by atoms with Gasteiger partial charge in [0.05, 0.1) is 0 Å². The molecule has 0 saturated heterocycles. The molecule has 1 atom stereocenters. The van der Waals surface area contributed by atoms with Crippen molar-refractivity contribution in [2.45, 2.75) is 71.2 Å². The van der Waals surface area contributed by atoms with Crippen LogP contribution in [0.5, 0.6) is 11.5 Å². The van der Waals surface area contributed by atoms with Crippen molar-refractivity contribution < 1.29 is 23.4 Å². The zero-order chi connectivity index (χ0) is 18.5. The highest BCUT2D eigenvalue weighted by Gasteiger charge is 2.32. The molecule has 0 heterocycles. The third-order valence-corrected chi connectivity index (χ3v) is 6.25. The van der Waals surface area contributed by atoms with Gasteiger partial charge in [0.2, 0.25) is 0 Å². The van der Waals surface area contributed by atoms with E-state index in [1.54, 1.807) is 12.1 Å². The second-order valence-electron chi connectivity index (χ2n) is 8.05. The molecule has 1 aromatic rings. The van der Waals surface area contributed by atoms with Crippen molar-refractivity contribution in [3.8, 4) is 11.5 Å². The molecule has 1 N–H and O–H groups in total. The molecule has 2 aliphatic carbocycles. The van der Waals surface area contributed by atoms with E-state index in [0.717, 1.165) is 30.6 Å². The van der Waals surface area contributed by atoms with E-state index in [2.05, 4.69) is 11.7 Å². The van der Waals surface area contributed by atoms with E-state index in [0.29, 0.717) is 5.75 Å². The van der Waals surface area contributed by atoms with Crippen LogP contribution < -0.4 is 9.47 Å². The molecule has 26 heavy (non-hydrogen) atoms. The summed E-state index contributed by atoms with van der Waals surface area (Å²) in [7, 11) is 0. The molecule has 2 saturated carbocycles. The number of aliphatic hydroxyl groups excluding tert-OH is 1. The Hall–Kier alpha value is -1.36. The molecule has 3 rings (SSSR count). The predicted octanol–water partition coefficient (Wildman–Crippen LogP) is 5.62. The lowest BCUT2D eigenvalue weighted by Gasteiger charge is -2.38. The summed E-state index contributed by atoms with van der Waals surface area (Å²) in [6.45, 7) is -0.484. The average Bonchev–Trinajstić information content (AvgIpc) is 2.64. The van der Waals surface area contributed by atoms with Crippen LogP contribution in [0.15, 0.2) is 24.3 Å². The molecule has 0 radical (unpaired) electrons. The summed E-state index contributed by atoms with van der Waals surface area (Å²) in [5.74, 6) is 3.26. The van der Waals surface area contributed by atoms with Crippen molar-refractivity contribution in [2.24, 2.45) is 23.7 Å². The largest absolute Gasteiger partial charge is 0.465 e. The average molecular weight is 368 g/mol. The van der Waals surface area contributed by atoms with Crippen LogP contribution in [0.3, 0.4) is 0 Å². The van der Waals surface area contributed by atoms with Crippen LogP contribution in [0.4, 0.5) is 8.78 Å². The Morgan fingerprint density at radius 3 is 1.77 bits per heavy atom. The highest BCUT2D eigenvalue weighted by atomic mass is 19.3. The SMILES string of the molecule is CC1CCC(C2CCC(C(O)Oc3ccc(OC(F)F)cc3)CC2)CC1. The van der Waals surface area contributed by atoms with Gasteiger partial charge in [0, 0.05) is 5.92 Å². The maximum Gasteiger partial charge on any atom is 0.387 e. The molecule has 1 aromatic carbocycles. The molecule has 5 heteroatoms. The summed E-state index contributed by atoms with van der Waals surface area (Å²) in [4.78, 5) is 0. The number of alkyl halides is 2. The fraction of sp³-hybridized carbons (Fsp3) is 0.714. The number of aliphatic hydroxyl groups is 1. The predicted molar refractivity (Wildman–Crippen MR) is 96.3 cm³/mol. The van der Waals surface area contributed by atoms with Gasteiger partial charge in [-0.2, -0.15) is 8.78 Å². The van der Waals surface area contributed by atoms with Crippen molar-refractivity contribution >= 4 is 0 Å². The topological polar surface area (TPSA) is 38.7 Å². The van der Waals surface area contributed by atoms with Crippen molar-refractivity contribution in [3.63, 3.8) is 0 Å².